The van der Waals surface area contributed by atoms with E-state index in [-0.39, 0.29) is 25.0 Å². The fraction of sp³-hybridized carbons (Fsp3) is 0.538. The molecule has 0 aromatic carbocycles. The molecule has 3 rings (SSSR count). The Kier molecular flexibility index (Phi) is 4.22. The van der Waals surface area contributed by atoms with Crippen LogP contribution in [0.2, 0.25) is 0 Å². The molecular formula is C13H17N5O5. The van der Waals surface area contributed by atoms with Gasteiger partial charge in [0.15, 0.2) is 18.1 Å². The van der Waals surface area contributed by atoms with Crippen LogP contribution in [0.15, 0.2) is 27.6 Å². The third-order valence-corrected chi connectivity index (χ3v) is 3.71. The second kappa shape index (κ2) is 6.16. The fourth-order valence-corrected chi connectivity index (χ4v) is 2.66. The minimum atomic E-state index is -1.05. The number of rotatable bonds is 5. The summed E-state index contributed by atoms with van der Waals surface area (Å²) in [5, 5.41) is 19.6. The number of nitrogens with zero attached hydrogens (tertiary/aromatic N) is 4. The van der Waals surface area contributed by atoms with Crippen LogP contribution in [0.5, 0.6) is 0 Å². The standard InChI is InChI=1S/C13H17N5O5/c1-2-3-22-9-8(20)6(4-19)23-12(9)18-5-15-7-10(18)16-13(14)17-11(7)21/h2,5-9,12,19-20H,1,3-4H2,(H2,14,17,21)/t6-,7?,8-,9-,12-/m1/s1. The monoisotopic (exact) mass is 323 g/mol. The van der Waals surface area contributed by atoms with Crippen LogP contribution in [0.25, 0.3) is 0 Å². The topological polar surface area (TPSA) is 142 Å². The molecule has 0 aliphatic carbocycles. The summed E-state index contributed by atoms with van der Waals surface area (Å²) in [6.45, 7) is 3.36. The molecule has 3 heterocycles. The number of amides is 1. The summed E-state index contributed by atoms with van der Waals surface area (Å²) in [6, 6.07) is -0.878. The van der Waals surface area contributed by atoms with E-state index in [4.69, 9.17) is 15.2 Å². The van der Waals surface area contributed by atoms with Gasteiger partial charge in [0.1, 0.15) is 18.3 Å². The van der Waals surface area contributed by atoms with E-state index in [9.17, 15) is 15.0 Å². The van der Waals surface area contributed by atoms with Crippen LogP contribution in [0.3, 0.4) is 0 Å². The molecule has 4 N–H and O–H groups in total. The summed E-state index contributed by atoms with van der Waals surface area (Å²) in [5.41, 5.74) is 5.52. The predicted molar refractivity (Wildman–Crippen MR) is 79.9 cm³/mol. The highest BCUT2D eigenvalue weighted by Gasteiger charge is 2.50. The summed E-state index contributed by atoms with van der Waals surface area (Å²) in [7, 11) is 0. The maximum Gasteiger partial charge on any atom is 0.281 e. The number of ether oxygens (including phenoxy) is 2. The number of aliphatic hydroxyl groups is 2. The van der Waals surface area contributed by atoms with Gasteiger partial charge in [0, 0.05) is 0 Å². The molecule has 124 valence electrons. The van der Waals surface area contributed by atoms with Crippen LogP contribution < -0.4 is 5.73 Å². The van der Waals surface area contributed by atoms with Gasteiger partial charge in [-0.25, -0.2) is 0 Å². The molecule has 5 atom stereocenters. The van der Waals surface area contributed by atoms with E-state index in [2.05, 4.69) is 21.6 Å². The number of fused-ring (bicyclic) bond motifs is 1. The minimum Gasteiger partial charge on any atom is -0.394 e. The number of hydrogen-bond donors (Lipinski definition) is 3. The van der Waals surface area contributed by atoms with Crippen molar-refractivity contribution < 1.29 is 24.5 Å². The molecule has 1 unspecified atom stereocenters. The van der Waals surface area contributed by atoms with Crippen molar-refractivity contribution in [3.8, 4) is 0 Å². The van der Waals surface area contributed by atoms with Gasteiger partial charge in [-0.3, -0.25) is 14.7 Å². The van der Waals surface area contributed by atoms with E-state index in [1.807, 2.05) is 0 Å². The number of guanidine groups is 1. The van der Waals surface area contributed by atoms with Crippen molar-refractivity contribution in [1.29, 1.82) is 0 Å². The lowest BCUT2D eigenvalue weighted by Gasteiger charge is -2.29. The number of aliphatic hydroxyl groups excluding tert-OH is 2. The Morgan fingerprint density at radius 1 is 1.52 bits per heavy atom. The number of nitrogens with two attached hydrogens (primary N) is 1. The summed E-state index contributed by atoms with van der Waals surface area (Å²) >= 11 is 0. The molecule has 1 saturated heterocycles. The molecule has 1 fully saturated rings. The fourth-order valence-electron chi connectivity index (χ4n) is 2.66. The quantitative estimate of drug-likeness (QED) is 0.479. The van der Waals surface area contributed by atoms with Crippen LogP contribution >= 0.6 is 0 Å². The summed E-state index contributed by atoms with van der Waals surface area (Å²) in [5.74, 6) is -0.435. The molecule has 3 aliphatic rings. The molecule has 0 saturated carbocycles. The summed E-state index contributed by atoms with van der Waals surface area (Å²) in [4.78, 5) is 24.9. The highest BCUT2D eigenvalue weighted by Crippen LogP contribution is 2.29. The van der Waals surface area contributed by atoms with Gasteiger partial charge in [-0.2, -0.15) is 9.98 Å². The van der Waals surface area contributed by atoms with E-state index < -0.39 is 36.5 Å². The predicted octanol–water partition coefficient (Wildman–Crippen LogP) is -2.40. The van der Waals surface area contributed by atoms with Gasteiger partial charge >= 0.3 is 0 Å². The second-order valence-corrected chi connectivity index (χ2v) is 5.18. The number of carbonyl (C=O) groups excluding carboxylic acids is 1. The summed E-state index contributed by atoms with van der Waals surface area (Å²) in [6.07, 6.45) is -0.571. The largest absolute Gasteiger partial charge is 0.394 e. The van der Waals surface area contributed by atoms with Crippen LogP contribution in [-0.2, 0) is 14.3 Å². The Bertz CT molecular complexity index is 604. The Balaban J connectivity index is 1.87. The molecule has 10 nitrogen and oxygen atoms in total. The molecule has 0 spiro atoms. The molecule has 0 radical (unpaired) electrons. The number of hydrogen-bond acceptors (Lipinski definition) is 9. The van der Waals surface area contributed by atoms with E-state index in [1.165, 1.54) is 17.3 Å². The zero-order valence-electron chi connectivity index (χ0n) is 12.1. The molecule has 0 bridgehead atoms. The van der Waals surface area contributed by atoms with Gasteiger partial charge in [-0.15, -0.1) is 6.58 Å². The van der Waals surface area contributed by atoms with Crippen molar-refractivity contribution in [2.75, 3.05) is 13.2 Å². The number of amidine groups is 1. The van der Waals surface area contributed by atoms with E-state index in [0.717, 1.165) is 0 Å². The molecule has 23 heavy (non-hydrogen) atoms. The van der Waals surface area contributed by atoms with Crippen molar-refractivity contribution in [3.05, 3.63) is 12.7 Å². The highest BCUT2D eigenvalue weighted by molar-refractivity contribution is 6.21. The Morgan fingerprint density at radius 2 is 2.30 bits per heavy atom. The normalized spacial score (nSPS) is 36.0. The molecule has 10 heteroatoms. The smallest absolute Gasteiger partial charge is 0.281 e. The lowest BCUT2D eigenvalue weighted by molar-refractivity contribution is -0.117. The van der Waals surface area contributed by atoms with Crippen molar-refractivity contribution in [3.63, 3.8) is 0 Å². The van der Waals surface area contributed by atoms with E-state index in [0.29, 0.717) is 0 Å². The van der Waals surface area contributed by atoms with Gasteiger partial charge < -0.3 is 25.4 Å². The highest BCUT2D eigenvalue weighted by atomic mass is 16.6. The SMILES string of the molecule is C=CCO[C@@H]1[C@H](O)[C@@H](CO)O[C@H]1N1C=NC2C(=O)N=C(N)N=C21. The number of aliphatic imine (C=N–C) groups is 3. The van der Waals surface area contributed by atoms with Crippen LogP contribution in [-0.4, -0.2) is 82.9 Å². The van der Waals surface area contributed by atoms with E-state index in [1.54, 1.807) is 0 Å². The average molecular weight is 323 g/mol. The Hall–Kier alpha value is -2.14. The van der Waals surface area contributed by atoms with Gasteiger partial charge in [-0.1, -0.05) is 6.08 Å². The third-order valence-electron chi connectivity index (χ3n) is 3.71. The first-order valence-corrected chi connectivity index (χ1v) is 7.02. The first kappa shape index (κ1) is 15.7. The van der Waals surface area contributed by atoms with Crippen LogP contribution in [0, 0.1) is 0 Å². The Morgan fingerprint density at radius 3 is 3.00 bits per heavy atom. The van der Waals surface area contributed by atoms with Gasteiger partial charge in [-0.05, 0) is 0 Å². The van der Waals surface area contributed by atoms with Crippen molar-refractivity contribution in [2.45, 2.75) is 30.6 Å². The van der Waals surface area contributed by atoms with Gasteiger partial charge in [0.2, 0.25) is 5.96 Å². The first-order valence-electron chi connectivity index (χ1n) is 7.02. The average Bonchev–Trinajstić information content (AvgIpc) is 3.06. The van der Waals surface area contributed by atoms with Crippen molar-refractivity contribution >= 4 is 24.0 Å². The van der Waals surface area contributed by atoms with Crippen LogP contribution in [0.1, 0.15) is 0 Å². The lowest BCUT2D eigenvalue weighted by atomic mass is 10.1. The zero-order valence-corrected chi connectivity index (χ0v) is 12.1. The van der Waals surface area contributed by atoms with Crippen molar-refractivity contribution in [1.82, 2.24) is 4.90 Å². The van der Waals surface area contributed by atoms with Gasteiger partial charge in [0.25, 0.3) is 5.91 Å². The first-order chi connectivity index (χ1) is 11.1. The molecule has 1 amide bonds. The minimum absolute atomic E-state index is 0.169. The lowest BCUT2D eigenvalue weighted by Crippen LogP contribution is -2.50. The third kappa shape index (κ3) is 2.65. The maximum atomic E-state index is 11.8. The van der Waals surface area contributed by atoms with Crippen molar-refractivity contribution in [2.24, 2.45) is 20.7 Å². The van der Waals surface area contributed by atoms with Gasteiger partial charge in [0.05, 0.1) is 19.6 Å². The summed E-state index contributed by atoms with van der Waals surface area (Å²) < 4.78 is 11.2. The molecule has 3 aliphatic heterocycles. The molecular weight excluding hydrogens is 306 g/mol. The zero-order chi connectivity index (χ0) is 16.6. The maximum absolute atomic E-state index is 11.8. The molecule has 0 aromatic rings. The second-order valence-electron chi connectivity index (χ2n) is 5.18. The number of carbonyl (C=O) groups is 1. The van der Waals surface area contributed by atoms with Crippen LogP contribution in [0.4, 0.5) is 0 Å². The Labute approximate surface area is 131 Å². The molecule has 0 aromatic heterocycles. The van der Waals surface area contributed by atoms with E-state index >= 15 is 0 Å².